The van der Waals surface area contributed by atoms with Crippen LogP contribution in [0.3, 0.4) is 0 Å². The topological polar surface area (TPSA) is 55.1 Å². The molecule has 0 heterocycles. The molecule has 0 aliphatic carbocycles. The van der Waals surface area contributed by atoms with Gasteiger partial charge in [0.05, 0.1) is 0 Å². The van der Waals surface area contributed by atoms with Crippen molar-refractivity contribution in [2.24, 2.45) is 5.73 Å². The summed E-state index contributed by atoms with van der Waals surface area (Å²) in [7, 11) is 0. The normalized spacial score (nSPS) is 10.1. The van der Waals surface area contributed by atoms with Crippen LogP contribution in [-0.4, -0.2) is 12.5 Å². The second-order valence-electron chi connectivity index (χ2n) is 2.89. The van der Waals surface area contributed by atoms with E-state index >= 15 is 0 Å². The molecule has 1 rings (SSSR count). The van der Waals surface area contributed by atoms with Gasteiger partial charge in [-0.25, -0.2) is 13.2 Å². The Labute approximate surface area is 84.1 Å². The van der Waals surface area contributed by atoms with Gasteiger partial charge in [0.1, 0.15) is 11.5 Å². The number of nitrogens with one attached hydrogen (secondary N) is 1. The number of rotatable bonds is 4. The molecule has 6 heteroatoms. The minimum absolute atomic E-state index is 0.00515. The minimum Gasteiger partial charge on any atom is -0.380 e. The molecule has 0 radical (unpaired) electrons. The molecule has 1 amide bonds. The lowest BCUT2D eigenvalue weighted by atomic mass is 10.2. The lowest BCUT2D eigenvalue weighted by Gasteiger charge is -2.07. The summed E-state index contributed by atoms with van der Waals surface area (Å²) in [6, 6.07) is 1.10. The summed E-state index contributed by atoms with van der Waals surface area (Å²) >= 11 is 0. The molecular formula is C9H9F3N2O. The number of nitrogens with two attached hydrogens (primary N) is 1. The van der Waals surface area contributed by atoms with E-state index in [-0.39, 0.29) is 13.0 Å². The second kappa shape index (κ2) is 4.68. The number of amides is 1. The molecule has 0 aromatic heterocycles. The van der Waals surface area contributed by atoms with E-state index in [1.807, 2.05) is 0 Å². The van der Waals surface area contributed by atoms with Crippen molar-refractivity contribution in [1.29, 1.82) is 0 Å². The predicted molar refractivity (Wildman–Crippen MR) is 48.6 cm³/mol. The monoisotopic (exact) mass is 218 g/mol. The first kappa shape index (κ1) is 11.4. The molecule has 82 valence electrons. The van der Waals surface area contributed by atoms with E-state index in [1.54, 1.807) is 0 Å². The number of benzene rings is 1. The predicted octanol–water partition coefficient (Wildman–Crippen LogP) is 1.39. The molecule has 3 N–H and O–H groups in total. The Kier molecular flexibility index (Phi) is 3.54. The molecule has 0 fully saturated rings. The number of hydrogen-bond acceptors (Lipinski definition) is 2. The maximum atomic E-state index is 13.0. The largest absolute Gasteiger partial charge is 0.380 e. The number of halogens is 3. The van der Waals surface area contributed by atoms with E-state index in [2.05, 4.69) is 5.32 Å². The summed E-state index contributed by atoms with van der Waals surface area (Å²) in [6.45, 7) is -0.00515. The molecule has 1 aromatic carbocycles. The number of anilines is 1. The number of carbonyl (C=O) groups is 1. The van der Waals surface area contributed by atoms with Crippen LogP contribution in [-0.2, 0) is 4.79 Å². The lowest BCUT2D eigenvalue weighted by molar-refractivity contribution is -0.117. The van der Waals surface area contributed by atoms with Gasteiger partial charge in [0.25, 0.3) is 0 Å². The Balaban J connectivity index is 2.72. The highest BCUT2D eigenvalue weighted by Crippen LogP contribution is 2.19. The molecule has 0 unspecified atom stereocenters. The number of primary amides is 1. The van der Waals surface area contributed by atoms with Crippen LogP contribution < -0.4 is 11.1 Å². The Bertz CT molecular complexity index is 359. The van der Waals surface area contributed by atoms with Crippen molar-refractivity contribution in [2.75, 3.05) is 11.9 Å². The van der Waals surface area contributed by atoms with Crippen LogP contribution in [0.25, 0.3) is 0 Å². The van der Waals surface area contributed by atoms with Gasteiger partial charge in [-0.3, -0.25) is 4.79 Å². The van der Waals surface area contributed by atoms with Crippen molar-refractivity contribution in [3.63, 3.8) is 0 Å². The van der Waals surface area contributed by atoms with E-state index in [0.29, 0.717) is 12.1 Å². The van der Waals surface area contributed by atoms with Crippen molar-refractivity contribution < 1.29 is 18.0 Å². The van der Waals surface area contributed by atoms with Crippen LogP contribution in [0.4, 0.5) is 18.9 Å². The molecule has 0 saturated carbocycles. The highest BCUT2D eigenvalue weighted by atomic mass is 19.1. The Morgan fingerprint density at radius 3 is 2.27 bits per heavy atom. The zero-order valence-electron chi connectivity index (χ0n) is 7.69. The zero-order chi connectivity index (χ0) is 11.4. The third-order valence-electron chi connectivity index (χ3n) is 1.68. The fraction of sp³-hybridized carbons (Fsp3) is 0.222. The molecule has 0 aliphatic rings. The molecule has 0 aliphatic heterocycles. The van der Waals surface area contributed by atoms with Gasteiger partial charge in [-0.05, 0) is 0 Å². The molecule has 1 aromatic rings. The third-order valence-corrected chi connectivity index (χ3v) is 1.68. The van der Waals surface area contributed by atoms with Gasteiger partial charge in [0.15, 0.2) is 11.6 Å². The van der Waals surface area contributed by atoms with Crippen LogP contribution in [0.15, 0.2) is 12.1 Å². The average molecular weight is 218 g/mol. The first-order valence-electron chi connectivity index (χ1n) is 4.17. The Morgan fingerprint density at radius 1 is 1.27 bits per heavy atom. The van der Waals surface area contributed by atoms with Crippen LogP contribution in [0.5, 0.6) is 0 Å². The van der Waals surface area contributed by atoms with Gasteiger partial charge in [0, 0.05) is 25.1 Å². The summed E-state index contributed by atoms with van der Waals surface area (Å²) in [5.74, 6) is -3.68. The quantitative estimate of drug-likeness (QED) is 0.802. The highest BCUT2D eigenvalue weighted by Gasteiger charge is 2.10. The molecule has 15 heavy (non-hydrogen) atoms. The number of carbonyl (C=O) groups excluding carboxylic acids is 1. The molecule has 0 atom stereocenters. The summed E-state index contributed by atoms with van der Waals surface area (Å²) in [5, 5.41) is 2.32. The van der Waals surface area contributed by atoms with E-state index in [1.165, 1.54) is 0 Å². The van der Waals surface area contributed by atoms with Crippen LogP contribution in [0, 0.1) is 17.5 Å². The van der Waals surface area contributed by atoms with Crippen molar-refractivity contribution in [3.05, 3.63) is 29.6 Å². The van der Waals surface area contributed by atoms with E-state index < -0.39 is 29.0 Å². The molecule has 3 nitrogen and oxygen atoms in total. The van der Waals surface area contributed by atoms with Gasteiger partial charge in [-0.2, -0.15) is 0 Å². The summed E-state index contributed by atoms with van der Waals surface area (Å²) < 4.78 is 38.4. The maximum absolute atomic E-state index is 13.0. The summed E-state index contributed by atoms with van der Waals surface area (Å²) in [4.78, 5) is 10.3. The van der Waals surface area contributed by atoms with Gasteiger partial charge >= 0.3 is 0 Å². The van der Waals surface area contributed by atoms with Crippen molar-refractivity contribution in [3.8, 4) is 0 Å². The molecule has 0 saturated heterocycles. The first-order valence-corrected chi connectivity index (χ1v) is 4.17. The second-order valence-corrected chi connectivity index (χ2v) is 2.89. The van der Waals surface area contributed by atoms with Gasteiger partial charge in [-0.15, -0.1) is 0 Å². The molecule has 0 spiro atoms. The Morgan fingerprint density at radius 2 is 1.80 bits per heavy atom. The SMILES string of the molecule is NC(=O)CCNc1c(F)cc(F)cc1F. The lowest BCUT2D eigenvalue weighted by Crippen LogP contribution is -2.16. The van der Waals surface area contributed by atoms with Crippen LogP contribution in [0.2, 0.25) is 0 Å². The van der Waals surface area contributed by atoms with E-state index in [9.17, 15) is 18.0 Å². The summed E-state index contributed by atoms with van der Waals surface area (Å²) in [5.41, 5.74) is 4.37. The van der Waals surface area contributed by atoms with Gasteiger partial charge < -0.3 is 11.1 Å². The van der Waals surface area contributed by atoms with Crippen molar-refractivity contribution in [2.45, 2.75) is 6.42 Å². The van der Waals surface area contributed by atoms with Crippen LogP contribution in [0.1, 0.15) is 6.42 Å². The van der Waals surface area contributed by atoms with E-state index in [0.717, 1.165) is 0 Å². The highest BCUT2D eigenvalue weighted by molar-refractivity contribution is 5.74. The molecular weight excluding hydrogens is 209 g/mol. The zero-order valence-corrected chi connectivity index (χ0v) is 7.69. The summed E-state index contributed by atoms with van der Waals surface area (Å²) in [6.07, 6.45) is -0.0593. The third kappa shape index (κ3) is 3.16. The van der Waals surface area contributed by atoms with Crippen molar-refractivity contribution in [1.82, 2.24) is 0 Å². The first-order chi connectivity index (χ1) is 7.00. The fourth-order valence-electron chi connectivity index (χ4n) is 1.02. The van der Waals surface area contributed by atoms with Gasteiger partial charge in [0.2, 0.25) is 5.91 Å². The van der Waals surface area contributed by atoms with Crippen LogP contribution >= 0.6 is 0 Å². The van der Waals surface area contributed by atoms with Crippen molar-refractivity contribution >= 4 is 11.6 Å². The van der Waals surface area contributed by atoms with E-state index in [4.69, 9.17) is 5.73 Å². The smallest absolute Gasteiger partial charge is 0.219 e. The Hall–Kier alpha value is -1.72. The maximum Gasteiger partial charge on any atom is 0.219 e. The average Bonchev–Trinajstić information content (AvgIpc) is 2.08. The fourth-order valence-corrected chi connectivity index (χ4v) is 1.02. The van der Waals surface area contributed by atoms with Gasteiger partial charge in [-0.1, -0.05) is 0 Å². The minimum atomic E-state index is -1.04. The molecule has 0 bridgehead atoms. The number of hydrogen-bond donors (Lipinski definition) is 2. The standard InChI is InChI=1S/C9H9F3N2O/c10-5-3-6(11)9(7(12)4-5)14-2-1-8(13)15/h3-4,14H,1-2H2,(H2,13,15).